The Bertz CT molecular complexity index is 645. The number of hydrogen-bond donors (Lipinski definition) is 1. The molecule has 0 unspecified atom stereocenters. The predicted octanol–water partition coefficient (Wildman–Crippen LogP) is 5.85. The highest BCUT2D eigenvalue weighted by Gasteiger charge is 2.59. The van der Waals surface area contributed by atoms with Crippen LogP contribution in [0, 0.1) is 28.6 Å². The number of fused-ring (bicyclic) bond motifs is 5. The molecule has 3 fully saturated rings. The summed E-state index contributed by atoms with van der Waals surface area (Å²) in [7, 11) is 0. The summed E-state index contributed by atoms with van der Waals surface area (Å²) in [5, 5.41) is 0. The van der Waals surface area contributed by atoms with E-state index in [-0.39, 0.29) is 0 Å². The number of H-pyrrole nitrogens is 1. The van der Waals surface area contributed by atoms with Gasteiger partial charge in [-0.1, -0.05) is 25.5 Å². The number of aromatic amines is 1. The highest BCUT2D eigenvalue weighted by atomic mass is 14.9. The largest absolute Gasteiger partial charge is 0.348 e. The van der Waals surface area contributed by atoms with Crippen molar-refractivity contribution in [3.05, 3.63) is 29.9 Å². The normalized spacial score (nSPS) is 47.5. The summed E-state index contributed by atoms with van der Waals surface area (Å²) >= 11 is 0. The summed E-state index contributed by atoms with van der Waals surface area (Å²) in [6, 6.07) is 0. The van der Waals surface area contributed by atoms with E-state index in [4.69, 9.17) is 0 Å². The molecular formula is C22H32N2. The van der Waals surface area contributed by atoms with Gasteiger partial charge in [0, 0.05) is 18.3 Å². The van der Waals surface area contributed by atoms with Crippen molar-refractivity contribution in [1.82, 2.24) is 9.97 Å². The van der Waals surface area contributed by atoms with Crippen LogP contribution in [0.3, 0.4) is 0 Å². The lowest BCUT2D eigenvalue weighted by molar-refractivity contribution is -0.0421. The maximum absolute atomic E-state index is 4.65. The van der Waals surface area contributed by atoms with Gasteiger partial charge in [-0.15, -0.1) is 0 Å². The minimum Gasteiger partial charge on any atom is -0.348 e. The maximum Gasteiger partial charge on any atom is 0.109 e. The molecule has 130 valence electrons. The molecule has 1 heterocycles. The monoisotopic (exact) mass is 324 g/mol. The van der Waals surface area contributed by atoms with E-state index in [9.17, 15) is 0 Å². The second-order valence-corrected chi connectivity index (χ2v) is 9.60. The molecule has 0 spiro atoms. The van der Waals surface area contributed by atoms with Crippen LogP contribution in [0.2, 0.25) is 0 Å². The number of hydrogen-bond acceptors (Lipinski definition) is 1. The Balaban J connectivity index is 1.48. The van der Waals surface area contributed by atoms with E-state index in [1.807, 2.05) is 18.0 Å². The number of nitrogens with zero attached hydrogens (tertiary/aromatic N) is 1. The zero-order valence-corrected chi connectivity index (χ0v) is 15.4. The Labute approximate surface area is 146 Å². The fraction of sp³-hybridized carbons (Fsp3) is 0.773. The van der Waals surface area contributed by atoms with Gasteiger partial charge in [-0.2, -0.15) is 0 Å². The molecule has 0 aliphatic heterocycles. The third-order valence-electron chi connectivity index (χ3n) is 8.88. The summed E-state index contributed by atoms with van der Waals surface area (Å²) < 4.78 is 0. The van der Waals surface area contributed by atoms with Crippen molar-refractivity contribution in [2.75, 3.05) is 0 Å². The molecule has 0 radical (unpaired) electrons. The SMILES string of the molecule is C[C@]12CC[C@H]3[C@@H](CCC4=CCCC[C@@]43C)[C@@H]1CC[C@@H]2c1ncc[nH]1. The zero-order valence-electron chi connectivity index (χ0n) is 15.4. The van der Waals surface area contributed by atoms with Gasteiger partial charge < -0.3 is 4.98 Å². The molecule has 2 nitrogen and oxygen atoms in total. The van der Waals surface area contributed by atoms with Crippen LogP contribution in [0.15, 0.2) is 24.0 Å². The molecule has 0 saturated heterocycles. The van der Waals surface area contributed by atoms with E-state index in [2.05, 4.69) is 29.9 Å². The van der Waals surface area contributed by atoms with Crippen LogP contribution in [-0.2, 0) is 0 Å². The van der Waals surface area contributed by atoms with E-state index in [1.54, 1.807) is 0 Å². The van der Waals surface area contributed by atoms with E-state index in [0.717, 1.165) is 17.8 Å². The number of aromatic nitrogens is 2. The summed E-state index contributed by atoms with van der Waals surface area (Å²) in [5.74, 6) is 4.76. The maximum atomic E-state index is 4.65. The van der Waals surface area contributed by atoms with Crippen LogP contribution in [0.4, 0.5) is 0 Å². The summed E-state index contributed by atoms with van der Waals surface area (Å²) in [6.07, 6.45) is 19.2. The quantitative estimate of drug-likeness (QED) is 0.645. The van der Waals surface area contributed by atoms with E-state index in [0.29, 0.717) is 16.7 Å². The van der Waals surface area contributed by atoms with Gasteiger partial charge in [0.05, 0.1) is 0 Å². The predicted molar refractivity (Wildman–Crippen MR) is 97.6 cm³/mol. The number of nitrogens with one attached hydrogen (secondary N) is 1. The second-order valence-electron chi connectivity index (χ2n) is 9.60. The lowest BCUT2D eigenvalue weighted by atomic mass is 9.47. The molecule has 4 aliphatic rings. The first-order valence-electron chi connectivity index (χ1n) is 10.3. The molecule has 6 atom stereocenters. The molecule has 3 saturated carbocycles. The van der Waals surface area contributed by atoms with Crippen LogP contribution in [0.5, 0.6) is 0 Å². The molecule has 1 N–H and O–H groups in total. The number of allylic oxidation sites excluding steroid dienone is 2. The fourth-order valence-electron chi connectivity index (χ4n) is 7.67. The Morgan fingerprint density at radius 3 is 2.83 bits per heavy atom. The second kappa shape index (κ2) is 5.22. The molecule has 1 aromatic rings. The Morgan fingerprint density at radius 2 is 2.00 bits per heavy atom. The van der Waals surface area contributed by atoms with E-state index >= 15 is 0 Å². The number of rotatable bonds is 1. The first kappa shape index (κ1) is 15.2. The minimum atomic E-state index is 0.477. The molecule has 24 heavy (non-hydrogen) atoms. The molecule has 4 aliphatic carbocycles. The van der Waals surface area contributed by atoms with Crippen molar-refractivity contribution < 1.29 is 0 Å². The number of imidazole rings is 1. The molecule has 0 aromatic carbocycles. The van der Waals surface area contributed by atoms with Crippen molar-refractivity contribution in [1.29, 1.82) is 0 Å². The first-order chi connectivity index (χ1) is 11.6. The third-order valence-corrected chi connectivity index (χ3v) is 8.88. The van der Waals surface area contributed by atoms with Gasteiger partial charge in [0.2, 0.25) is 0 Å². The van der Waals surface area contributed by atoms with Gasteiger partial charge in [0.25, 0.3) is 0 Å². The van der Waals surface area contributed by atoms with Gasteiger partial charge in [0.15, 0.2) is 0 Å². The Morgan fingerprint density at radius 1 is 1.08 bits per heavy atom. The van der Waals surface area contributed by atoms with E-state index in [1.165, 1.54) is 63.6 Å². The lowest BCUT2D eigenvalue weighted by Crippen LogP contribution is -2.49. The highest BCUT2D eigenvalue weighted by Crippen LogP contribution is 2.68. The van der Waals surface area contributed by atoms with Gasteiger partial charge in [0.1, 0.15) is 5.82 Å². The van der Waals surface area contributed by atoms with Crippen LogP contribution in [0.25, 0.3) is 0 Å². The van der Waals surface area contributed by atoms with Crippen LogP contribution in [-0.4, -0.2) is 9.97 Å². The van der Waals surface area contributed by atoms with Gasteiger partial charge in [-0.25, -0.2) is 4.98 Å². The van der Waals surface area contributed by atoms with Gasteiger partial charge >= 0.3 is 0 Å². The van der Waals surface area contributed by atoms with Crippen molar-refractivity contribution in [2.45, 2.75) is 77.6 Å². The molecule has 0 bridgehead atoms. The van der Waals surface area contributed by atoms with Crippen molar-refractivity contribution >= 4 is 0 Å². The Kier molecular flexibility index (Phi) is 3.31. The Hall–Kier alpha value is -1.05. The minimum absolute atomic E-state index is 0.477. The van der Waals surface area contributed by atoms with Crippen molar-refractivity contribution in [3.63, 3.8) is 0 Å². The van der Waals surface area contributed by atoms with Crippen molar-refractivity contribution in [2.24, 2.45) is 28.6 Å². The summed E-state index contributed by atoms with van der Waals surface area (Å²) in [4.78, 5) is 8.09. The van der Waals surface area contributed by atoms with Crippen LogP contribution in [0.1, 0.15) is 83.4 Å². The first-order valence-corrected chi connectivity index (χ1v) is 10.3. The third kappa shape index (κ3) is 1.92. The average molecular weight is 325 g/mol. The molecule has 5 rings (SSSR count). The smallest absolute Gasteiger partial charge is 0.109 e. The van der Waals surface area contributed by atoms with Crippen LogP contribution < -0.4 is 0 Å². The standard InChI is InChI=1S/C22H32N2/c1-21-11-4-3-5-15(21)6-7-16-17-8-9-19(20-23-13-14-24-20)22(17,2)12-10-18(16)21/h5,13-14,16-19H,3-4,6-12H2,1-2H3,(H,23,24)/t16-,17-,18-,19+,21-,22-/m0/s1. The van der Waals surface area contributed by atoms with Gasteiger partial charge in [-0.05, 0) is 86.4 Å². The van der Waals surface area contributed by atoms with Crippen LogP contribution >= 0.6 is 0 Å². The highest BCUT2D eigenvalue weighted by molar-refractivity contribution is 5.24. The molecule has 2 heteroatoms. The topological polar surface area (TPSA) is 28.7 Å². The zero-order chi connectivity index (χ0) is 16.4. The molecule has 0 amide bonds. The lowest BCUT2D eigenvalue weighted by Gasteiger charge is -2.58. The van der Waals surface area contributed by atoms with E-state index < -0.39 is 0 Å². The summed E-state index contributed by atoms with van der Waals surface area (Å²) in [5.41, 5.74) is 2.84. The molecular weight excluding hydrogens is 292 g/mol. The van der Waals surface area contributed by atoms with Gasteiger partial charge in [-0.3, -0.25) is 0 Å². The summed E-state index contributed by atoms with van der Waals surface area (Å²) in [6.45, 7) is 5.22. The average Bonchev–Trinajstić information content (AvgIpc) is 3.20. The molecule has 1 aromatic heterocycles. The van der Waals surface area contributed by atoms with Crippen molar-refractivity contribution in [3.8, 4) is 0 Å². The fourth-order valence-corrected chi connectivity index (χ4v) is 7.67.